The number of carbonyl (C=O) groups excluding carboxylic acids is 1. The molecule has 2 heterocycles. The molecule has 24 heavy (non-hydrogen) atoms. The SMILES string of the molecule is COCCN(C(=O)c1ccncc1)c1nc(-c2ccccc2)cs1. The molecule has 0 radical (unpaired) electrons. The van der Waals surface area contributed by atoms with E-state index in [4.69, 9.17) is 4.74 Å². The molecule has 122 valence electrons. The topological polar surface area (TPSA) is 55.3 Å². The summed E-state index contributed by atoms with van der Waals surface area (Å²) in [7, 11) is 1.62. The Hall–Kier alpha value is -2.57. The van der Waals surface area contributed by atoms with Crippen LogP contribution in [0, 0.1) is 0 Å². The maximum atomic E-state index is 12.8. The van der Waals surface area contributed by atoms with Gasteiger partial charge in [0.15, 0.2) is 5.13 Å². The fourth-order valence-electron chi connectivity index (χ4n) is 2.25. The van der Waals surface area contributed by atoms with E-state index in [9.17, 15) is 4.79 Å². The van der Waals surface area contributed by atoms with E-state index in [1.807, 2.05) is 35.7 Å². The van der Waals surface area contributed by atoms with Gasteiger partial charge in [0.1, 0.15) is 0 Å². The van der Waals surface area contributed by atoms with E-state index in [1.54, 1.807) is 36.5 Å². The Kier molecular flexibility index (Phi) is 5.30. The number of methoxy groups -OCH3 is 1. The highest BCUT2D eigenvalue weighted by Crippen LogP contribution is 2.28. The number of amides is 1. The number of benzene rings is 1. The summed E-state index contributed by atoms with van der Waals surface area (Å²) < 4.78 is 5.14. The van der Waals surface area contributed by atoms with Crippen molar-refractivity contribution in [2.24, 2.45) is 0 Å². The van der Waals surface area contributed by atoms with Crippen molar-refractivity contribution in [2.45, 2.75) is 0 Å². The standard InChI is InChI=1S/C18H17N3O2S/c1-23-12-11-21(17(22)15-7-9-19-10-8-15)18-20-16(13-24-18)14-5-3-2-4-6-14/h2-10,13H,11-12H2,1H3. The minimum atomic E-state index is -0.108. The highest BCUT2D eigenvalue weighted by molar-refractivity contribution is 7.14. The van der Waals surface area contributed by atoms with Crippen LogP contribution in [0.25, 0.3) is 11.3 Å². The molecule has 1 amide bonds. The van der Waals surface area contributed by atoms with Gasteiger partial charge in [-0.3, -0.25) is 14.7 Å². The van der Waals surface area contributed by atoms with Crippen molar-refractivity contribution in [2.75, 3.05) is 25.2 Å². The lowest BCUT2D eigenvalue weighted by atomic mass is 10.2. The number of hydrogen-bond donors (Lipinski definition) is 0. The van der Waals surface area contributed by atoms with Gasteiger partial charge in [-0.2, -0.15) is 0 Å². The minimum Gasteiger partial charge on any atom is -0.383 e. The highest BCUT2D eigenvalue weighted by atomic mass is 32.1. The Morgan fingerprint density at radius 2 is 1.92 bits per heavy atom. The fraction of sp³-hybridized carbons (Fsp3) is 0.167. The first-order chi connectivity index (χ1) is 11.8. The molecule has 3 rings (SSSR count). The smallest absolute Gasteiger partial charge is 0.260 e. The summed E-state index contributed by atoms with van der Waals surface area (Å²) in [6, 6.07) is 13.3. The fourth-order valence-corrected chi connectivity index (χ4v) is 3.11. The second-order valence-electron chi connectivity index (χ2n) is 5.07. The summed E-state index contributed by atoms with van der Waals surface area (Å²) in [5.74, 6) is -0.108. The molecule has 0 unspecified atom stereocenters. The lowest BCUT2D eigenvalue weighted by Crippen LogP contribution is -2.33. The zero-order valence-electron chi connectivity index (χ0n) is 13.3. The van der Waals surface area contributed by atoms with Crippen LogP contribution in [0.2, 0.25) is 0 Å². The van der Waals surface area contributed by atoms with Gasteiger partial charge in [0.2, 0.25) is 0 Å². The Balaban J connectivity index is 1.89. The van der Waals surface area contributed by atoms with E-state index < -0.39 is 0 Å². The Bertz CT molecular complexity index is 790. The molecule has 0 atom stereocenters. The van der Waals surface area contributed by atoms with Gasteiger partial charge in [0.05, 0.1) is 18.8 Å². The van der Waals surface area contributed by atoms with Gasteiger partial charge in [-0.1, -0.05) is 30.3 Å². The molecular weight excluding hydrogens is 322 g/mol. The van der Waals surface area contributed by atoms with Crippen LogP contribution in [0.5, 0.6) is 0 Å². The largest absolute Gasteiger partial charge is 0.383 e. The van der Waals surface area contributed by atoms with E-state index in [0.29, 0.717) is 23.8 Å². The van der Waals surface area contributed by atoms with E-state index >= 15 is 0 Å². The first-order valence-electron chi connectivity index (χ1n) is 7.51. The van der Waals surface area contributed by atoms with Crippen molar-refractivity contribution in [3.05, 3.63) is 65.8 Å². The lowest BCUT2D eigenvalue weighted by molar-refractivity contribution is 0.0976. The Labute approximate surface area is 144 Å². The molecular formula is C18H17N3O2S. The van der Waals surface area contributed by atoms with Gasteiger partial charge in [-0.25, -0.2) is 4.98 Å². The van der Waals surface area contributed by atoms with Crippen molar-refractivity contribution in [3.63, 3.8) is 0 Å². The molecule has 0 aliphatic carbocycles. The first kappa shape index (κ1) is 16.3. The molecule has 2 aromatic heterocycles. The molecule has 5 nitrogen and oxygen atoms in total. The number of hydrogen-bond acceptors (Lipinski definition) is 5. The number of rotatable bonds is 6. The molecule has 6 heteroatoms. The Morgan fingerprint density at radius 3 is 2.62 bits per heavy atom. The number of aromatic nitrogens is 2. The van der Waals surface area contributed by atoms with E-state index in [-0.39, 0.29) is 5.91 Å². The summed E-state index contributed by atoms with van der Waals surface area (Å²) >= 11 is 1.45. The van der Waals surface area contributed by atoms with Crippen LogP contribution < -0.4 is 4.90 Å². The molecule has 0 saturated heterocycles. The zero-order chi connectivity index (χ0) is 16.8. The zero-order valence-corrected chi connectivity index (χ0v) is 14.1. The lowest BCUT2D eigenvalue weighted by Gasteiger charge is -2.19. The van der Waals surface area contributed by atoms with Gasteiger partial charge in [-0.05, 0) is 12.1 Å². The molecule has 0 saturated carbocycles. The van der Waals surface area contributed by atoms with Gasteiger partial charge in [0.25, 0.3) is 5.91 Å². The van der Waals surface area contributed by atoms with Crippen molar-refractivity contribution >= 4 is 22.4 Å². The normalized spacial score (nSPS) is 10.5. The third-order valence-electron chi connectivity index (χ3n) is 3.48. The van der Waals surface area contributed by atoms with Crippen molar-refractivity contribution < 1.29 is 9.53 Å². The second-order valence-corrected chi connectivity index (χ2v) is 5.90. The molecule has 0 aliphatic rings. The molecule has 0 bridgehead atoms. The maximum absolute atomic E-state index is 12.8. The number of anilines is 1. The second kappa shape index (κ2) is 7.81. The van der Waals surface area contributed by atoms with Crippen LogP contribution in [-0.2, 0) is 4.74 Å². The predicted molar refractivity (Wildman–Crippen MR) is 95.3 cm³/mol. The molecule has 0 fully saturated rings. The number of thiazole rings is 1. The average molecular weight is 339 g/mol. The molecule has 1 aromatic carbocycles. The van der Waals surface area contributed by atoms with Crippen molar-refractivity contribution in [3.8, 4) is 11.3 Å². The van der Waals surface area contributed by atoms with Crippen LogP contribution in [0.4, 0.5) is 5.13 Å². The number of nitrogens with zero attached hydrogens (tertiary/aromatic N) is 3. The summed E-state index contributed by atoms with van der Waals surface area (Å²) in [4.78, 5) is 23.0. The number of pyridine rings is 1. The predicted octanol–water partition coefficient (Wildman–Crippen LogP) is 3.50. The first-order valence-corrected chi connectivity index (χ1v) is 8.39. The van der Waals surface area contributed by atoms with Gasteiger partial charge >= 0.3 is 0 Å². The molecule has 3 aromatic rings. The molecule has 0 N–H and O–H groups in total. The monoisotopic (exact) mass is 339 g/mol. The summed E-state index contributed by atoms with van der Waals surface area (Å²) in [6.45, 7) is 0.885. The summed E-state index contributed by atoms with van der Waals surface area (Å²) in [5.41, 5.74) is 2.47. The number of ether oxygens (including phenoxy) is 1. The third kappa shape index (κ3) is 3.67. The third-order valence-corrected chi connectivity index (χ3v) is 4.35. The van der Waals surface area contributed by atoms with Gasteiger partial charge in [0, 0.05) is 36.0 Å². The highest BCUT2D eigenvalue weighted by Gasteiger charge is 2.20. The van der Waals surface area contributed by atoms with Crippen LogP contribution in [0.3, 0.4) is 0 Å². The van der Waals surface area contributed by atoms with E-state index in [0.717, 1.165) is 11.3 Å². The van der Waals surface area contributed by atoms with Crippen molar-refractivity contribution in [1.82, 2.24) is 9.97 Å². The van der Waals surface area contributed by atoms with E-state index in [1.165, 1.54) is 11.3 Å². The van der Waals surface area contributed by atoms with Gasteiger partial charge in [-0.15, -0.1) is 11.3 Å². The van der Waals surface area contributed by atoms with Crippen LogP contribution in [0.15, 0.2) is 60.2 Å². The minimum absolute atomic E-state index is 0.108. The van der Waals surface area contributed by atoms with Crippen LogP contribution in [-0.4, -0.2) is 36.1 Å². The molecule has 0 aliphatic heterocycles. The van der Waals surface area contributed by atoms with E-state index in [2.05, 4.69) is 9.97 Å². The summed E-state index contributed by atoms with van der Waals surface area (Å²) in [5, 5.41) is 2.62. The van der Waals surface area contributed by atoms with Gasteiger partial charge < -0.3 is 4.74 Å². The summed E-state index contributed by atoms with van der Waals surface area (Å²) in [6.07, 6.45) is 3.22. The average Bonchev–Trinajstić information content (AvgIpc) is 3.13. The molecule has 0 spiro atoms. The van der Waals surface area contributed by atoms with Crippen LogP contribution in [0.1, 0.15) is 10.4 Å². The van der Waals surface area contributed by atoms with Crippen LogP contribution >= 0.6 is 11.3 Å². The van der Waals surface area contributed by atoms with Crippen molar-refractivity contribution in [1.29, 1.82) is 0 Å². The number of carbonyl (C=O) groups is 1. The quantitative estimate of drug-likeness (QED) is 0.690. The maximum Gasteiger partial charge on any atom is 0.260 e. The Morgan fingerprint density at radius 1 is 1.17 bits per heavy atom.